The van der Waals surface area contributed by atoms with E-state index in [4.69, 9.17) is 4.74 Å². The van der Waals surface area contributed by atoms with Gasteiger partial charge in [-0.3, -0.25) is 9.59 Å². The van der Waals surface area contributed by atoms with Gasteiger partial charge in [-0.25, -0.2) is 4.39 Å². The Labute approximate surface area is 91.5 Å². The van der Waals surface area contributed by atoms with Crippen molar-refractivity contribution in [1.29, 1.82) is 0 Å². The Bertz CT molecular complexity index is 503. The molecular weight excluding hydrogens is 211 g/mol. The molecule has 16 heavy (non-hydrogen) atoms. The van der Waals surface area contributed by atoms with Gasteiger partial charge in [-0.05, 0) is 25.1 Å². The number of rotatable bonds is 2. The number of carbonyl (C=O) groups is 2. The second kappa shape index (κ2) is 3.89. The number of carbonyl (C=O) groups excluding carboxylic acids is 2. The van der Waals surface area contributed by atoms with Crippen LogP contribution in [0.25, 0.3) is 0 Å². The zero-order chi connectivity index (χ0) is 11.7. The Morgan fingerprint density at radius 3 is 2.69 bits per heavy atom. The van der Waals surface area contributed by atoms with Gasteiger partial charge in [-0.2, -0.15) is 0 Å². The molecule has 0 radical (unpaired) electrons. The average Bonchev–Trinajstić information content (AvgIpc) is 2.26. The molecule has 1 aromatic rings. The Hall–Kier alpha value is -1.97. The molecule has 0 saturated carbocycles. The van der Waals surface area contributed by atoms with Crippen LogP contribution in [0.4, 0.5) is 4.39 Å². The molecule has 0 spiro atoms. The normalized spacial score (nSPS) is 14.5. The fourth-order valence-corrected chi connectivity index (χ4v) is 1.58. The molecule has 1 aromatic carbocycles. The van der Waals surface area contributed by atoms with E-state index < -0.39 is 11.6 Å². The molecule has 0 saturated heterocycles. The topological polar surface area (TPSA) is 43.4 Å². The standard InChI is InChI=1S/C12H9FO3/c1-2-16-11-6-10(14)9-5-7(13)3-4-8(9)12(11)15/h3-6H,2H2,1H3. The van der Waals surface area contributed by atoms with E-state index in [1.54, 1.807) is 6.92 Å². The summed E-state index contributed by atoms with van der Waals surface area (Å²) in [6, 6.07) is 3.52. The van der Waals surface area contributed by atoms with Gasteiger partial charge in [0.2, 0.25) is 5.78 Å². The van der Waals surface area contributed by atoms with Crippen molar-refractivity contribution in [1.82, 2.24) is 0 Å². The molecule has 0 amide bonds. The molecule has 0 heterocycles. The lowest BCUT2D eigenvalue weighted by molar-refractivity contribution is 0.0891. The molecule has 0 aliphatic heterocycles. The van der Waals surface area contributed by atoms with Crippen LogP contribution in [0.2, 0.25) is 0 Å². The molecule has 0 aromatic heterocycles. The smallest absolute Gasteiger partial charge is 0.228 e. The number of halogens is 1. The van der Waals surface area contributed by atoms with Crippen LogP contribution in [0.15, 0.2) is 30.0 Å². The van der Waals surface area contributed by atoms with Crippen molar-refractivity contribution < 1.29 is 18.7 Å². The lowest BCUT2D eigenvalue weighted by atomic mass is 9.93. The van der Waals surface area contributed by atoms with Gasteiger partial charge < -0.3 is 4.74 Å². The second-order valence-electron chi connectivity index (χ2n) is 3.32. The molecule has 0 N–H and O–H groups in total. The minimum absolute atomic E-state index is 0.0200. The third-order valence-corrected chi connectivity index (χ3v) is 2.28. The minimum Gasteiger partial charge on any atom is -0.490 e. The second-order valence-corrected chi connectivity index (χ2v) is 3.32. The molecule has 82 valence electrons. The van der Waals surface area contributed by atoms with Crippen molar-refractivity contribution in [3.63, 3.8) is 0 Å². The van der Waals surface area contributed by atoms with E-state index in [1.165, 1.54) is 6.07 Å². The van der Waals surface area contributed by atoms with E-state index in [1.807, 2.05) is 0 Å². The van der Waals surface area contributed by atoms with Gasteiger partial charge in [0.25, 0.3) is 0 Å². The van der Waals surface area contributed by atoms with E-state index >= 15 is 0 Å². The van der Waals surface area contributed by atoms with Crippen molar-refractivity contribution in [3.8, 4) is 0 Å². The number of allylic oxidation sites excluding steroid dienone is 2. The highest BCUT2D eigenvalue weighted by Gasteiger charge is 2.26. The fourth-order valence-electron chi connectivity index (χ4n) is 1.58. The Kier molecular flexibility index (Phi) is 2.56. The maximum atomic E-state index is 12.9. The highest BCUT2D eigenvalue weighted by molar-refractivity contribution is 6.23. The first kappa shape index (κ1) is 10.5. The summed E-state index contributed by atoms with van der Waals surface area (Å²) >= 11 is 0. The number of hydrogen-bond acceptors (Lipinski definition) is 3. The molecule has 0 atom stereocenters. The maximum absolute atomic E-state index is 12.9. The summed E-state index contributed by atoms with van der Waals surface area (Å²) in [6.07, 6.45) is 1.10. The summed E-state index contributed by atoms with van der Waals surface area (Å²) in [4.78, 5) is 23.4. The Balaban J connectivity index is 2.51. The van der Waals surface area contributed by atoms with Gasteiger partial charge in [0, 0.05) is 17.2 Å². The highest BCUT2D eigenvalue weighted by Crippen LogP contribution is 2.22. The average molecular weight is 220 g/mol. The van der Waals surface area contributed by atoms with Crippen molar-refractivity contribution in [2.24, 2.45) is 0 Å². The largest absolute Gasteiger partial charge is 0.490 e. The van der Waals surface area contributed by atoms with Gasteiger partial charge in [0.05, 0.1) is 6.61 Å². The van der Waals surface area contributed by atoms with Crippen LogP contribution in [-0.2, 0) is 4.74 Å². The van der Waals surface area contributed by atoms with E-state index in [2.05, 4.69) is 0 Å². The number of fused-ring (bicyclic) bond motifs is 1. The molecule has 0 bridgehead atoms. The van der Waals surface area contributed by atoms with Crippen molar-refractivity contribution >= 4 is 11.6 Å². The number of ketones is 2. The van der Waals surface area contributed by atoms with Crippen LogP contribution in [-0.4, -0.2) is 18.2 Å². The van der Waals surface area contributed by atoms with Crippen LogP contribution >= 0.6 is 0 Å². The fraction of sp³-hybridized carbons (Fsp3) is 0.167. The predicted molar refractivity (Wildman–Crippen MR) is 54.8 cm³/mol. The molecule has 0 fully saturated rings. The SMILES string of the molecule is CCOC1=CC(=O)c2cc(F)ccc2C1=O. The van der Waals surface area contributed by atoms with Crippen molar-refractivity contribution in [3.05, 3.63) is 47.0 Å². The van der Waals surface area contributed by atoms with Gasteiger partial charge in [-0.15, -0.1) is 0 Å². The third kappa shape index (κ3) is 1.62. The van der Waals surface area contributed by atoms with E-state index in [-0.39, 0.29) is 22.7 Å². The molecule has 4 heteroatoms. The van der Waals surface area contributed by atoms with Crippen LogP contribution in [0.1, 0.15) is 27.6 Å². The predicted octanol–water partition coefficient (Wildman–Crippen LogP) is 2.13. The summed E-state index contributed by atoms with van der Waals surface area (Å²) in [6.45, 7) is 2.03. The molecular formula is C12H9FO3. The van der Waals surface area contributed by atoms with Crippen LogP contribution in [0.3, 0.4) is 0 Å². The van der Waals surface area contributed by atoms with Crippen LogP contribution in [0, 0.1) is 5.82 Å². The number of ether oxygens (including phenoxy) is 1. The zero-order valence-electron chi connectivity index (χ0n) is 8.62. The van der Waals surface area contributed by atoms with Crippen molar-refractivity contribution in [2.75, 3.05) is 6.61 Å². The highest BCUT2D eigenvalue weighted by atomic mass is 19.1. The molecule has 1 aliphatic carbocycles. The summed E-state index contributed by atoms with van der Waals surface area (Å²) in [7, 11) is 0. The van der Waals surface area contributed by atoms with Gasteiger partial charge in [-0.1, -0.05) is 0 Å². The van der Waals surface area contributed by atoms with Gasteiger partial charge in [0.1, 0.15) is 5.82 Å². The summed E-state index contributed by atoms with van der Waals surface area (Å²) in [5.74, 6) is -1.30. The minimum atomic E-state index is -0.534. The lowest BCUT2D eigenvalue weighted by Crippen LogP contribution is -2.18. The Morgan fingerprint density at radius 2 is 2.00 bits per heavy atom. The first-order chi connectivity index (χ1) is 7.63. The number of hydrogen-bond donors (Lipinski definition) is 0. The monoisotopic (exact) mass is 220 g/mol. The molecule has 3 nitrogen and oxygen atoms in total. The molecule has 0 unspecified atom stereocenters. The van der Waals surface area contributed by atoms with E-state index in [0.29, 0.717) is 6.61 Å². The van der Waals surface area contributed by atoms with Crippen LogP contribution in [0.5, 0.6) is 0 Å². The zero-order valence-corrected chi connectivity index (χ0v) is 8.62. The molecule has 1 aliphatic rings. The van der Waals surface area contributed by atoms with E-state index in [9.17, 15) is 14.0 Å². The number of Topliss-reactive ketones (excluding diaryl/α,β-unsaturated/α-hetero) is 1. The van der Waals surface area contributed by atoms with E-state index in [0.717, 1.165) is 18.2 Å². The lowest BCUT2D eigenvalue weighted by Gasteiger charge is -2.14. The number of benzene rings is 1. The first-order valence-electron chi connectivity index (χ1n) is 4.86. The van der Waals surface area contributed by atoms with Crippen LogP contribution < -0.4 is 0 Å². The third-order valence-electron chi connectivity index (χ3n) is 2.28. The molecule has 2 rings (SSSR count). The summed E-state index contributed by atoms with van der Waals surface area (Å²) in [5, 5.41) is 0. The summed E-state index contributed by atoms with van der Waals surface area (Å²) in [5.41, 5.74) is 0.283. The summed E-state index contributed by atoms with van der Waals surface area (Å²) < 4.78 is 18.0. The van der Waals surface area contributed by atoms with Crippen molar-refractivity contribution in [2.45, 2.75) is 6.92 Å². The quantitative estimate of drug-likeness (QED) is 0.766. The van der Waals surface area contributed by atoms with Gasteiger partial charge in [0.15, 0.2) is 11.5 Å². The van der Waals surface area contributed by atoms with Gasteiger partial charge >= 0.3 is 0 Å². The first-order valence-corrected chi connectivity index (χ1v) is 4.86. The Morgan fingerprint density at radius 1 is 1.25 bits per heavy atom. The maximum Gasteiger partial charge on any atom is 0.228 e.